The first kappa shape index (κ1) is 24.0. The Labute approximate surface area is 208 Å². The first-order valence-corrected chi connectivity index (χ1v) is 12.1. The van der Waals surface area contributed by atoms with Gasteiger partial charge in [0.05, 0.1) is 5.75 Å². The van der Waals surface area contributed by atoms with Crippen molar-refractivity contribution in [2.75, 3.05) is 21.7 Å². The van der Waals surface area contributed by atoms with Crippen molar-refractivity contribution in [2.24, 2.45) is 0 Å². The maximum atomic E-state index is 12.6. The minimum atomic E-state index is -0.365. The second-order valence-electron chi connectivity index (χ2n) is 8.09. The molecule has 0 atom stereocenters. The van der Waals surface area contributed by atoms with E-state index in [9.17, 15) is 9.59 Å². The number of anilines is 3. The van der Waals surface area contributed by atoms with Crippen molar-refractivity contribution in [2.45, 2.75) is 24.9 Å². The van der Waals surface area contributed by atoms with Gasteiger partial charge in [-0.3, -0.25) is 9.36 Å². The summed E-state index contributed by atoms with van der Waals surface area (Å²) in [6.45, 7) is 4.30. The molecule has 178 valence electrons. The van der Waals surface area contributed by atoms with Crippen LogP contribution in [0.1, 0.15) is 25.3 Å². The standard InChI is InChI=1S/C26H26N6O2S/c1-18(2)19-11-13-23(14-12-19)32-17-27-31-26(32)35-16-24(33)28-21-9-6-10-22(15-21)30-25(34)29-20-7-4-3-5-8-20/h3-15,17-18H,16H2,1-2H3,(H,28,33)(H2,29,30,34). The lowest BCUT2D eigenvalue weighted by Crippen LogP contribution is -2.19. The van der Waals surface area contributed by atoms with Crippen molar-refractivity contribution in [3.05, 3.63) is 90.8 Å². The lowest BCUT2D eigenvalue weighted by Gasteiger charge is -2.10. The van der Waals surface area contributed by atoms with Crippen molar-refractivity contribution in [3.8, 4) is 5.69 Å². The van der Waals surface area contributed by atoms with Crippen LogP contribution in [0.25, 0.3) is 5.69 Å². The van der Waals surface area contributed by atoms with Crippen LogP contribution in [0.5, 0.6) is 0 Å². The fourth-order valence-corrected chi connectivity index (χ4v) is 4.07. The second kappa shape index (κ2) is 11.3. The van der Waals surface area contributed by atoms with Gasteiger partial charge in [-0.05, 0) is 53.9 Å². The first-order valence-electron chi connectivity index (χ1n) is 11.1. The van der Waals surface area contributed by atoms with E-state index in [1.54, 1.807) is 42.7 Å². The predicted molar refractivity (Wildman–Crippen MR) is 140 cm³/mol. The molecule has 0 spiro atoms. The summed E-state index contributed by atoms with van der Waals surface area (Å²) in [6.07, 6.45) is 1.64. The summed E-state index contributed by atoms with van der Waals surface area (Å²) in [7, 11) is 0. The van der Waals surface area contributed by atoms with Gasteiger partial charge in [0, 0.05) is 22.7 Å². The molecule has 3 amide bonds. The number of carbonyl (C=O) groups excluding carboxylic acids is 2. The molecule has 4 aromatic rings. The van der Waals surface area contributed by atoms with Gasteiger partial charge in [0.15, 0.2) is 5.16 Å². The van der Waals surface area contributed by atoms with E-state index in [0.717, 1.165) is 5.69 Å². The number of carbonyl (C=O) groups is 2. The molecule has 0 radical (unpaired) electrons. The number of urea groups is 1. The minimum Gasteiger partial charge on any atom is -0.325 e. The summed E-state index contributed by atoms with van der Waals surface area (Å²) in [6, 6.07) is 24.0. The van der Waals surface area contributed by atoms with Crippen molar-refractivity contribution in [1.82, 2.24) is 14.8 Å². The molecule has 0 saturated heterocycles. The van der Waals surface area contributed by atoms with Gasteiger partial charge in [-0.1, -0.05) is 62.0 Å². The molecule has 9 heteroatoms. The molecule has 0 bridgehead atoms. The van der Waals surface area contributed by atoms with Crippen molar-refractivity contribution >= 4 is 40.8 Å². The molecular formula is C26H26N6O2S. The van der Waals surface area contributed by atoms with Crippen LogP contribution < -0.4 is 16.0 Å². The fraction of sp³-hybridized carbons (Fsp3) is 0.154. The average Bonchev–Trinajstić information content (AvgIpc) is 3.32. The van der Waals surface area contributed by atoms with Gasteiger partial charge in [0.25, 0.3) is 0 Å². The lowest BCUT2D eigenvalue weighted by molar-refractivity contribution is -0.113. The van der Waals surface area contributed by atoms with Crippen LogP contribution in [0.15, 0.2) is 90.3 Å². The summed E-state index contributed by atoms with van der Waals surface area (Å²) in [5.41, 5.74) is 4.03. The van der Waals surface area contributed by atoms with E-state index in [-0.39, 0.29) is 17.7 Å². The minimum absolute atomic E-state index is 0.162. The molecule has 0 aliphatic carbocycles. The van der Waals surface area contributed by atoms with Gasteiger partial charge in [-0.25, -0.2) is 4.79 Å². The predicted octanol–water partition coefficient (Wildman–Crippen LogP) is 5.77. The smallest absolute Gasteiger partial charge is 0.323 e. The molecule has 0 aliphatic rings. The molecule has 3 N–H and O–H groups in total. The van der Waals surface area contributed by atoms with E-state index in [0.29, 0.717) is 28.1 Å². The van der Waals surface area contributed by atoms with Gasteiger partial charge < -0.3 is 16.0 Å². The number of aromatic nitrogens is 3. The molecule has 0 saturated carbocycles. The molecule has 1 aromatic heterocycles. The van der Waals surface area contributed by atoms with Crippen molar-refractivity contribution < 1.29 is 9.59 Å². The first-order chi connectivity index (χ1) is 17.0. The Morgan fingerprint density at radius 2 is 1.51 bits per heavy atom. The molecule has 1 heterocycles. The number of para-hydroxylation sites is 1. The Kier molecular flexibility index (Phi) is 7.79. The Morgan fingerprint density at radius 1 is 0.857 bits per heavy atom. The normalized spacial score (nSPS) is 10.7. The van der Waals surface area contributed by atoms with E-state index in [4.69, 9.17) is 0 Å². The van der Waals surface area contributed by atoms with Gasteiger partial charge in [0.2, 0.25) is 5.91 Å². The Hall–Kier alpha value is -4.11. The number of benzene rings is 3. The quantitative estimate of drug-likeness (QED) is 0.275. The number of nitrogens with one attached hydrogen (secondary N) is 3. The van der Waals surface area contributed by atoms with Gasteiger partial charge in [-0.15, -0.1) is 10.2 Å². The summed E-state index contributed by atoms with van der Waals surface area (Å²) in [4.78, 5) is 24.8. The molecule has 0 fully saturated rings. The van der Waals surface area contributed by atoms with E-state index < -0.39 is 0 Å². The third-order valence-electron chi connectivity index (χ3n) is 5.12. The highest BCUT2D eigenvalue weighted by Gasteiger charge is 2.11. The fourth-order valence-electron chi connectivity index (χ4n) is 3.34. The zero-order valence-corrected chi connectivity index (χ0v) is 20.3. The molecular weight excluding hydrogens is 460 g/mol. The third kappa shape index (κ3) is 6.70. The average molecular weight is 487 g/mol. The van der Waals surface area contributed by atoms with Crippen LogP contribution in [0.3, 0.4) is 0 Å². The SMILES string of the molecule is CC(C)c1ccc(-n2cnnc2SCC(=O)Nc2cccc(NC(=O)Nc3ccccc3)c2)cc1. The van der Waals surface area contributed by atoms with E-state index in [1.807, 2.05) is 34.9 Å². The number of hydrogen-bond acceptors (Lipinski definition) is 5. The molecule has 35 heavy (non-hydrogen) atoms. The Bertz CT molecular complexity index is 1290. The summed E-state index contributed by atoms with van der Waals surface area (Å²) in [5.74, 6) is 0.426. The highest BCUT2D eigenvalue weighted by molar-refractivity contribution is 7.99. The topological polar surface area (TPSA) is 101 Å². The van der Waals surface area contributed by atoms with Crippen LogP contribution in [0.2, 0.25) is 0 Å². The number of hydrogen-bond donors (Lipinski definition) is 3. The number of thioether (sulfide) groups is 1. The van der Waals surface area contributed by atoms with Crippen molar-refractivity contribution in [1.29, 1.82) is 0 Å². The third-order valence-corrected chi connectivity index (χ3v) is 6.07. The highest BCUT2D eigenvalue weighted by atomic mass is 32.2. The second-order valence-corrected chi connectivity index (χ2v) is 9.04. The van der Waals surface area contributed by atoms with Crippen molar-refractivity contribution in [3.63, 3.8) is 0 Å². The van der Waals surface area contributed by atoms with E-state index >= 15 is 0 Å². The largest absolute Gasteiger partial charge is 0.325 e. The van der Waals surface area contributed by atoms with E-state index in [2.05, 4.69) is 52.1 Å². The molecule has 3 aromatic carbocycles. The van der Waals surface area contributed by atoms with Crippen LogP contribution >= 0.6 is 11.8 Å². The maximum Gasteiger partial charge on any atom is 0.323 e. The maximum absolute atomic E-state index is 12.6. The summed E-state index contributed by atoms with van der Waals surface area (Å²) < 4.78 is 1.86. The molecule has 4 rings (SSSR count). The monoisotopic (exact) mass is 486 g/mol. The number of nitrogens with zero attached hydrogens (tertiary/aromatic N) is 3. The highest BCUT2D eigenvalue weighted by Crippen LogP contribution is 2.22. The zero-order valence-electron chi connectivity index (χ0n) is 19.4. The zero-order chi connectivity index (χ0) is 24.6. The Balaban J connectivity index is 1.32. The summed E-state index contributed by atoms with van der Waals surface area (Å²) in [5, 5.41) is 17.2. The van der Waals surface area contributed by atoms with Gasteiger partial charge >= 0.3 is 6.03 Å². The molecule has 0 unspecified atom stereocenters. The van der Waals surface area contributed by atoms with Crippen LogP contribution in [-0.2, 0) is 4.79 Å². The Morgan fingerprint density at radius 3 is 2.23 bits per heavy atom. The lowest BCUT2D eigenvalue weighted by atomic mass is 10.0. The molecule has 8 nitrogen and oxygen atoms in total. The van der Waals surface area contributed by atoms with Gasteiger partial charge in [-0.2, -0.15) is 0 Å². The molecule has 0 aliphatic heterocycles. The number of rotatable bonds is 8. The number of amides is 3. The van der Waals surface area contributed by atoms with E-state index in [1.165, 1.54) is 17.3 Å². The van der Waals surface area contributed by atoms with Gasteiger partial charge in [0.1, 0.15) is 6.33 Å². The van der Waals surface area contributed by atoms with Crippen LogP contribution in [0, 0.1) is 0 Å². The summed E-state index contributed by atoms with van der Waals surface area (Å²) >= 11 is 1.30. The van der Waals surface area contributed by atoms with Crippen LogP contribution in [0.4, 0.5) is 21.9 Å². The van der Waals surface area contributed by atoms with Crippen LogP contribution in [-0.4, -0.2) is 32.5 Å².